The lowest BCUT2D eigenvalue weighted by atomic mass is 9.74. The van der Waals surface area contributed by atoms with Crippen molar-refractivity contribution in [3.8, 4) is 0 Å². The maximum absolute atomic E-state index is 12.4. The van der Waals surface area contributed by atoms with Crippen molar-refractivity contribution in [2.75, 3.05) is 33.8 Å². The van der Waals surface area contributed by atoms with Crippen molar-refractivity contribution in [3.63, 3.8) is 0 Å². The van der Waals surface area contributed by atoms with E-state index >= 15 is 0 Å². The second-order valence-corrected chi connectivity index (χ2v) is 5.50. The van der Waals surface area contributed by atoms with Crippen LogP contribution in [-0.2, 0) is 14.3 Å². The lowest BCUT2D eigenvalue weighted by molar-refractivity contribution is -0.151. The Morgan fingerprint density at radius 3 is 2.61 bits per heavy atom. The van der Waals surface area contributed by atoms with Crippen molar-refractivity contribution >= 4 is 11.9 Å². The van der Waals surface area contributed by atoms with Crippen LogP contribution in [-0.4, -0.2) is 50.6 Å². The van der Waals surface area contributed by atoms with Crippen LogP contribution < -0.4 is 5.32 Å². The van der Waals surface area contributed by atoms with Gasteiger partial charge in [0, 0.05) is 12.5 Å². The van der Waals surface area contributed by atoms with E-state index < -0.39 is 5.41 Å². The quantitative estimate of drug-likeness (QED) is 0.750. The van der Waals surface area contributed by atoms with Gasteiger partial charge in [-0.3, -0.25) is 9.59 Å². The largest absolute Gasteiger partial charge is 0.468 e. The van der Waals surface area contributed by atoms with Crippen molar-refractivity contribution in [3.05, 3.63) is 0 Å². The fraction of sp³-hybridized carbons (Fsp3) is 0.846. The van der Waals surface area contributed by atoms with Gasteiger partial charge in [-0.2, -0.15) is 0 Å². The molecule has 1 amide bonds. The van der Waals surface area contributed by atoms with Crippen molar-refractivity contribution < 1.29 is 14.3 Å². The van der Waals surface area contributed by atoms with E-state index in [1.54, 1.807) is 7.05 Å². The van der Waals surface area contributed by atoms with Gasteiger partial charge in [0.15, 0.2) is 0 Å². The Labute approximate surface area is 109 Å². The maximum Gasteiger partial charge on any atom is 0.325 e. The first kappa shape index (κ1) is 15.0. The lowest BCUT2D eigenvalue weighted by Crippen LogP contribution is -2.48. The van der Waals surface area contributed by atoms with Crippen LogP contribution in [0.15, 0.2) is 0 Å². The number of piperidine rings is 1. The molecule has 0 saturated carbocycles. The van der Waals surface area contributed by atoms with E-state index in [4.69, 9.17) is 0 Å². The minimum absolute atomic E-state index is 0.00148. The molecule has 0 aliphatic carbocycles. The van der Waals surface area contributed by atoms with E-state index in [0.717, 1.165) is 25.9 Å². The number of amides is 1. The summed E-state index contributed by atoms with van der Waals surface area (Å²) >= 11 is 0. The van der Waals surface area contributed by atoms with E-state index in [1.807, 2.05) is 13.8 Å². The van der Waals surface area contributed by atoms with E-state index in [9.17, 15) is 9.59 Å². The number of carbonyl (C=O) groups excluding carboxylic acids is 2. The molecule has 1 unspecified atom stereocenters. The highest BCUT2D eigenvalue weighted by molar-refractivity contribution is 5.85. The fourth-order valence-corrected chi connectivity index (χ4v) is 2.46. The SMILES string of the molecule is COC(=O)CN(C)C(=O)C(C)(C)C1CCCNC1. The topological polar surface area (TPSA) is 58.6 Å². The Kier molecular flexibility index (Phi) is 5.14. The summed E-state index contributed by atoms with van der Waals surface area (Å²) in [4.78, 5) is 25.1. The van der Waals surface area contributed by atoms with Crippen molar-refractivity contribution in [2.45, 2.75) is 26.7 Å². The number of ether oxygens (including phenoxy) is 1. The second-order valence-electron chi connectivity index (χ2n) is 5.50. The molecule has 1 fully saturated rings. The first-order valence-electron chi connectivity index (χ1n) is 6.42. The summed E-state index contributed by atoms with van der Waals surface area (Å²) in [5, 5.41) is 3.32. The number of likely N-dealkylation sites (N-methyl/N-ethyl adjacent to an activating group) is 1. The molecule has 1 heterocycles. The van der Waals surface area contributed by atoms with Crippen LogP contribution in [0.25, 0.3) is 0 Å². The van der Waals surface area contributed by atoms with Crippen molar-refractivity contribution in [1.29, 1.82) is 0 Å². The Morgan fingerprint density at radius 1 is 1.44 bits per heavy atom. The third-order valence-corrected chi connectivity index (χ3v) is 3.81. The summed E-state index contributed by atoms with van der Waals surface area (Å²) < 4.78 is 4.58. The molecule has 1 atom stereocenters. The minimum Gasteiger partial charge on any atom is -0.468 e. The van der Waals surface area contributed by atoms with E-state index in [-0.39, 0.29) is 18.4 Å². The Bertz CT molecular complexity index is 309. The number of nitrogens with one attached hydrogen (secondary N) is 1. The number of esters is 1. The summed E-state index contributed by atoms with van der Waals surface area (Å²) in [7, 11) is 2.98. The lowest BCUT2D eigenvalue weighted by Gasteiger charge is -2.38. The van der Waals surface area contributed by atoms with Gasteiger partial charge in [-0.1, -0.05) is 13.8 Å². The van der Waals surface area contributed by atoms with Crippen molar-refractivity contribution in [1.82, 2.24) is 10.2 Å². The van der Waals surface area contributed by atoms with Crippen LogP contribution >= 0.6 is 0 Å². The average molecular weight is 256 g/mol. The average Bonchev–Trinajstić information content (AvgIpc) is 2.38. The molecule has 1 aliphatic heterocycles. The van der Waals surface area contributed by atoms with Crippen LogP contribution in [0.2, 0.25) is 0 Å². The minimum atomic E-state index is -0.448. The molecule has 1 saturated heterocycles. The smallest absolute Gasteiger partial charge is 0.325 e. The van der Waals surface area contributed by atoms with Crippen molar-refractivity contribution in [2.24, 2.45) is 11.3 Å². The molecule has 0 aromatic carbocycles. The maximum atomic E-state index is 12.4. The summed E-state index contributed by atoms with van der Waals surface area (Å²) in [5.41, 5.74) is -0.448. The van der Waals surface area contributed by atoms with Crippen LogP contribution in [0.5, 0.6) is 0 Å². The van der Waals surface area contributed by atoms with E-state index in [2.05, 4.69) is 10.1 Å². The molecule has 0 radical (unpaired) electrons. The molecular weight excluding hydrogens is 232 g/mol. The molecule has 0 bridgehead atoms. The highest BCUT2D eigenvalue weighted by atomic mass is 16.5. The molecule has 18 heavy (non-hydrogen) atoms. The zero-order chi connectivity index (χ0) is 13.8. The second kappa shape index (κ2) is 6.18. The standard InChI is InChI=1S/C13H24N2O3/c1-13(2,10-6-5-7-14-8-10)12(17)15(3)9-11(16)18-4/h10,14H,5-9H2,1-4H3. The van der Waals surface area contributed by atoms with Gasteiger partial charge < -0.3 is 15.0 Å². The predicted octanol–water partition coefficient (Wildman–Crippen LogP) is 0.644. The number of carbonyl (C=O) groups is 2. The highest BCUT2D eigenvalue weighted by Gasteiger charge is 2.39. The van der Waals surface area contributed by atoms with Gasteiger partial charge in [-0.05, 0) is 31.8 Å². The molecule has 5 nitrogen and oxygen atoms in total. The predicted molar refractivity (Wildman–Crippen MR) is 69.0 cm³/mol. The molecule has 5 heteroatoms. The van der Waals surface area contributed by atoms with Crippen LogP contribution in [0.4, 0.5) is 0 Å². The van der Waals surface area contributed by atoms with E-state index in [1.165, 1.54) is 12.0 Å². The summed E-state index contributed by atoms with van der Waals surface area (Å²) in [6.07, 6.45) is 2.15. The molecule has 0 spiro atoms. The summed E-state index contributed by atoms with van der Waals surface area (Å²) in [6, 6.07) is 0. The fourth-order valence-electron chi connectivity index (χ4n) is 2.46. The van der Waals surface area contributed by atoms with Gasteiger partial charge in [0.25, 0.3) is 0 Å². The highest BCUT2D eigenvalue weighted by Crippen LogP contribution is 2.33. The molecule has 1 rings (SSSR count). The number of hydrogen-bond acceptors (Lipinski definition) is 4. The molecule has 104 valence electrons. The van der Waals surface area contributed by atoms with Gasteiger partial charge in [-0.25, -0.2) is 0 Å². The van der Waals surface area contributed by atoms with Gasteiger partial charge in [-0.15, -0.1) is 0 Å². The number of methoxy groups -OCH3 is 1. The molecule has 1 N–H and O–H groups in total. The van der Waals surface area contributed by atoms with Gasteiger partial charge in [0.05, 0.1) is 7.11 Å². The van der Waals surface area contributed by atoms with Gasteiger partial charge in [0.1, 0.15) is 6.54 Å². The first-order valence-corrected chi connectivity index (χ1v) is 6.42. The Balaban J connectivity index is 2.64. The Hall–Kier alpha value is -1.10. The monoisotopic (exact) mass is 256 g/mol. The molecular formula is C13H24N2O3. The molecule has 0 aromatic rings. The van der Waals surface area contributed by atoms with Crippen LogP contribution in [0.1, 0.15) is 26.7 Å². The third kappa shape index (κ3) is 3.45. The Morgan fingerprint density at radius 2 is 2.11 bits per heavy atom. The number of hydrogen-bond donors (Lipinski definition) is 1. The van der Waals surface area contributed by atoms with Crippen LogP contribution in [0.3, 0.4) is 0 Å². The van der Waals surface area contributed by atoms with E-state index in [0.29, 0.717) is 5.92 Å². The molecule has 1 aliphatic rings. The first-order chi connectivity index (χ1) is 8.39. The summed E-state index contributed by atoms with van der Waals surface area (Å²) in [6.45, 7) is 5.82. The third-order valence-electron chi connectivity index (χ3n) is 3.81. The number of rotatable bonds is 4. The summed E-state index contributed by atoms with van der Waals surface area (Å²) in [5.74, 6) is -0.0659. The number of nitrogens with zero attached hydrogens (tertiary/aromatic N) is 1. The zero-order valence-electron chi connectivity index (χ0n) is 11.8. The normalized spacial score (nSPS) is 20.3. The van der Waals surface area contributed by atoms with Crippen LogP contribution in [0, 0.1) is 11.3 Å². The van der Waals surface area contributed by atoms with Gasteiger partial charge in [0.2, 0.25) is 5.91 Å². The zero-order valence-corrected chi connectivity index (χ0v) is 11.8. The molecule has 0 aromatic heterocycles. The van der Waals surface area contributed by atoms with Gasteiger partial charge >= 0.3 is 5.97 Å².